The smallest absolute Gasteiger partial charge is 0.244 e. The molecule has 0 aliphatic carbocycles. The van der Waals surface area contributed by atoms with E-state index in [0.717, 1.165) is 35.0 Å². The molecular formula is C28H29FN6O3. The molecule has 10 heteroatoms. The van der Waals surface area contributed by atoms with E-state index in [-0.39, 0.29) is 24.4 Å². The van der Waals surface area contributed by atoms with Crippen molar-refractivity contribution in [3.8, 4) is 17.0 Å². The van der Waals surface area contributed by atoms with Crippen molar-refractivity contribution >= 4 is 28.3 Å². The summed E-state index contributed by atoms with van der Waals surface area (Å²) in [5.74, 6) is 1.43. The fraction of sp³-hybridized carbons (Fsp3) is 0.357. The summed E-state index contributed by atoms with van der Waals surface area (Å²) in [4.78, 5) is 22.9. The second kappa shape index (κ2) is 9.68. The van der Waals surface area contributed by atoms with Crippen LogP contribution in [0.2, 0.25) is 0 Å². The first-order valence-corrected chi connectivity index (χ1v) is 12.8. The fourth-order valence-electron chi connectivity index (χ4n) is 5.22. The zero-order valence-corrected chi connectivity index (χ0v) is 21.6. The molecule has 1 amide bonds. The number of carbonyl (C=O) groups excluding carboxylic acids is 1. The molecule has 0 bridgehead atoms. The zero-order valence-electron chi connectivity index (χ0n) is 21.6. The van der Waals surface area contributed by atoms with Gasteiger partial charge in [-0.2, -0.15) is 5.10 Å². The van der Waals surface area contributed by atoms with E-state index < -0.39 is 0 Å². The Bertz CT molecular complexity index is 1550. The number of likely N-dealkylation sites (N-methyl/N-ethyl adjacent to an activating group) is 1. The first-order valence-electron chi connectivity index (χ1n) is 12.8. The first kappa shape index (κ1) is 24.3. The largest absolute Gasteiger partial charge is 0.477 e. The maximum Gasteiger partial charge on any atom is 0.244 e. The third-order valence-electron chi connectivity index (χ3n) is 7.29. The van der Waals surface area contributed by atoms with Crippen LogP contribution >= 0.6 is 0 Å². The van der Waals surface area contributed by atoms with E-state index in [2.05, 4.69) is 20.4 Å². The predicted octanol–water partition coefficient (Wildman–Crippen LogP) is 4.56. The molecule has 0 spiro atoms. The van der Waals surface area contributed by atoms with E-state index in [1.807, 2.05) is 32.0 Å². The molecule has 1 aromatic carbocycles. The Labute approximate surface area is 219 Å². The Hall–Kier alpha value is -4.05. The minimum Gasteiger partial charge on any atom is -0.477 e. The monoisotopic (exact) mass is 516 g/mol. The van der Waals surface area contributed by atoms with E-state index in [4.69, 9.17) is 9.47 Å². The van der Waals surface area contributed by atoms with Gasteiger partial charge < -0.3 is 19.7 Å². The van der Waals surface area contributed by atoms with Crippen LogP contribution < -0.4 is 10.1 Å². The van der Waals surface area contributed by atoms with Crippen molar-refractivity contribution in [2.24, 2.45) is 0 Å². The van der Waals surface area contributed by atoms with Crippen molar-refractivity contribution in [3.63, 3.8) is 0 Å². The number of amides is 1. The normalized spacial score (nSPS) is 17.1. The third-order valence-corrected chi connectivity index (χ3v) is 7.29. The molecule has 2 aliphatic heterocycles. The number of hydrogen-bond acceptors (Lipinski definition) is 7. The van der Waals surface area contributed by atoms with Gasteiger partial charge in [0.25, 0.3) is 0 Å². The second-order valence-corrected chi connectivity index (χ2v) is 9.71. The number of nitrogens with one attached hydrogen (secondary N) is 1. The summed E-state index contributed by atoms with van der Waals surface area (Å²) in [5, 5.41) is 9.30. The number of fused-ring (bicyclic) bond motifs is 3. The first-order chi connectivity index (χ1) is 18.4. The van der Waals surface area contributed by atoms with Crippen molar-refractivity contribution in [1.29, 1.82) is 0 Å². The Balaban J connectivity index is 1.34. The number of pyridine rings is 2. The van der Waals surface area contributed by atoms with Crippen LogP contribution in [0.4, 0.5) is 16.0 Å². The molecule has 1 N–H and O–H groups in total. The van der Waals surface area contributed by atoms with E-state index in [1.165, 1.54) is 6.07 Å². The Morgan fingerprint density at radius 1 is 1.13 bits per heavy atom. The van der Waals surface area contributed by atoms with Crippen molar-refractivity contribution < 1.29 is 18.7 Å². The topological polar surface area (TPSA) is 94.4 Å². The highest BCUT2D eigenvalue weighted by molar-refractivity contribution is 5.89. The summed E-state index contributed by atoms with van der Waals surface area (Å²) < 4.78 is 28.8. The van der Waals surface area contributed by atoms with Crippen molar-refractivity contribution in [3.05, 3.63) is 59.3 Å². The van der Waals surface area contributed by atoms with Crippen LogP contribution in [0.25, 0.3) is 21.9 Å². The number of anilines is 2. The van der Waals surface area contributed by atoms with Crippen LogP contribution in [0, 0.1) is 12.7 Å². The minimum atomic E-state index is -0.345. The molecule has 5 heterocycles. The van der Waals surface area contributed by atoms with Crippen LogP contribution in [0.1, 0.15) is 36.3 Å². The number of carbonyl (C=O) groups is 1. The van der Waals surface area contributed by atoms with Gasteiger partial charge in [-0.1, -0.05) is 0 Å². The molecule has 1 unspecified atom stereocenters. The average molecular weight is 517 g/mol. The van der Waals surface area contributed by atoms with Gasteiger partial charge in [-0.3, -0.25) is 9.48 Å². The Kier molecular flexibility index (Phi) is 6.19. The SMILES string of the molecule is CCOC1CCOc2ncc(-c3cc4cc(Nc5cc6n(n5)CC(=O)N(C)CC6)ncc4cc3F)c(C)c21. The van der Waals surface area contributed by atoms with Crippen LogP contribution in [0.5, 0.6) is 5.88 Å². The van der Waals surface area contributed by atoms with Gasteiger partial charge in [-0.15, -0.1) is 0 Å². The quantitative estimate of drug-likeness (QED) is 0.416. The lowest BCUT2D eigenvalue weighted by Crippen LogP contribution is -2.29. The molecule has 0 saturated carbocycles. The predicted molar refractivity (Wildman–Crippen MR) is 141 cm³/mol. The average Bonchev–Trinajstić information content (AvgIpc) is 3.22. The summed E-state index contributed by atoms with van der Waals surface area (Å²) >= 11 is 0. The number of rotatable bonds is 5. The van der Waals surface area contributed by atoms with Crippen LogP contribution in [-0.2, 0) is 22.5 Å². The van der Waals surface area contributed by atoms with Gasteiger partial charge in [0.1, 0.15) is 18.2 Å². The highest BCUT2D eigenvalue weighted by atomic mass is 19.1. The van der Waals surface area contributed by atoms with Gasteiger partial charge in [0.05, 0.1) is 12.7 Å². The van der Waals surface area contributed by atoms with Gasteiger partial charge in [0, 0.05) is 79.3 Å². The standard InChI is InChI=1S/C28H29FN6O3/c1-4-37-23-6-8-38-28-27(23)16(2)21(14-31-28)20-9-17-11-24(30-13-18(17)10-22(20)29)32-25-12-19-5-7-34(3)26(36)15-35(19)33-25/h9-14,23H,4-8,15H2,1-3H3,(H,30,32,33). The summed E-state index contributed by atoms with van der Waals surface area (Å²) in [6, 6.07) is 7.13. The number of nitrogens with zero attached hydrogens (tertiary/aromatic N) is 5. The molecule has 1 atom stereocenters. The van der Waals surface area contributed by atoms with Gasteiger partial charge in [0.15, 0.2) is 5.82 Å². The van der Waals surface area contributed by atoms with E-state index >= 15 is 4.39 Å². The molecule has 4 aromatic rings. The van der Waals surface area contributed by atoms with Crippen LogP contribution in [0.3, 0.4) is 0 Å². The number of ether oxygens (including phenoxy) is 2. The zero-order chi connectivity index (χ0) is 26.4. The Morgan fingerprint density at radius 2 is 2.00 bits per heavy atom. The minimum absolute atomic E-state index is 0.0305. The van der Waals surface area contributed by atoms with Gasteiger partial charge in [-0.05, 0) is 43.0 Å². The molecule has 0 fully saturated rings. The molecule has 0 radical (unpaired) electrons. The maximum atomic E-state index is 15.4. The van der Waals surface area contributed by atoms with Crippen LogP contribution in [0.15, 0.2) is 36.7 Å². The lowest BCUT2D eigenvalue weighted by Gasteiger charge is -2.27. The molecule has 196 valence electrons. The lowest BCUT2D eigenvalue weighted by molar-refractivity contribution is -0.130. The number of hydrogen-bond donors (Lipinski definition) is 1. The fourth-order valence-corrected chi connectivity index (χ4v) is 5.22. The van der Waals surface area contributed by atoms with E-state index in [1.54, 1.807) is 29.0 Å². The van der Waals surface area contributed by atoms with Crippen molar-refractivity contribution in [2.45, 2.75) is 39.3 Å². The Morgan fingerprint density at radius 3 is 2.84 bits per heavy atom. The van der Waals surface area contributed by atoms with E-state index in [9.17, 15) is 4.79 Å². The molecule has 38 heavy (non-hydrogen) atoms. The second-order valence-electron chi connectivity index (χ2n) is 9.71. The maximum absolute atomic E-state index is 15.4. The number of aromatic nitrogens is 4. The number of halogens is 1. The highest BCUT2D eigenvalue weighted by Gasteiger charge is 2.27. The van der Waals surface area contributed by atoms with Crippen molar-refractivity contribution in [1.82, 2.24) is 24.6 Å². The van der Waals surface area contributed by atoms with Gasteiger partial charge >= 0.3 is 0 Å². The van der Waals surface area contributed by atoms with Crippen molar-refractivity contribution in [2.75, 3.05) is 32.1 Å². The molecule has 6 rings (SSSR count). The third kappa shape index (κ3) is 4.34. The van der Waals surface area contributed by atoms with Gasteiger partial charge in [-0.25, -0.2) is 14.4 Å². The van der Waals surface area contributed by atoms with Crippen LogP contribution in [-0.4, -0.2) is 57.4 Å². The number of benzene rings is 1. The summed E-state index contributed by atoms with van der Waals surface area (Å²) in [6.07, 6.45) is 4.65. The molecule has 3 aromatic heterocycles. The highest BCUT2D eigenvalue weighted by Crippen LogP contribution is 2.40. The molecule has 9 nitrogen and oxygen atoms in total. The van der Waals surface area contributed by atoms with Gasteiger partial charge in [0.2, 0.25) is 11.8 Å². The lowest BCUT2D eigenvalue weighted by atomic mass is 9.93. The summed E-state index contributed by atoms with van der Waals surface area (Å²) in [5.41, 5.74) is 3.94. The van der Waals surface area contributed by atoms with E-state index in [0.29, 0.717) is 53.8 Å². The summed E-state index contributed by atoms with van der Waals surface area (Å²) in [7, 11) is 1.80. The summed E-state index contributed by atoms with van der Waals surface area (Å²) in [6.45, 7) is 5.91. The molecular weight excluding hydrogens is 487 g/mol. The molecule has 0 saturated heterocycles. The molecule has 2 aliphatic rings.